The number of hydrogen-bond acceptors (Lipinski definition) is 6. The van der Waals surface area contributed by atoms with Gasteiger partial charge in [-0.05, 0) is 18.1 Å². The van der Waals surface area contributed by atoms with E-state index in [9.17, 15) is 14.4 Å². The molecule has 136 valence electrons. The molecule has 0 N–H and O–H groups in total. The molecule has 7 nitrogen and oxygen atoms in total. The summed E-state index contributed by atoms with van der Waals surface area (Å²) in [6, 6.07) is 7.69. The minimum absolute atomic E-state index is 0.103. The summed E-state index contributed by atoms with van der Waals surface area (Å²) >= 11 is 0. The van der Waals surface area contributed by atoms with E-state index in [0.29, 0.717) is 5.57 Å². The Bertz CT molecular complexity index is 804. The molecule has 1 aromatic carbocycles. The number of rotatable bonds is 3. The van der Waals surface area contributed by atoms with Crippen molar-refractivity contribution in [3.8, 4) is 0 Å². The maximum Gasteiger partial charge on any atom is 0.411 e. The summed E-state index contributed by atoms with van der Waals surface area (Å²) in [5, 5.41) is 0. The van der Waals surface area contributed by atoms with Crippen molar-refractivity contribution in [2.45, 2.75) is 37.1 Å². The zero-order chi connectivity index (χ0) is 18.5. The fourth-order valence-electron chi connectivity index (χ4n) is 4.16. The summed E-state index contributed by atoms with van der Waals surface area (Å²) in [5.74, 6) is -0.919. The molecule has 3 aliphatic heterocycles. The first-order chi connectivity index (χ1) is 12.5. The molecule has 26 heavy (non-hydrogen) atoms. The van der Waals surface area contributed by atoms with E-state index in [1.807, 2.05) is 30.3 Å². The van der Waals surface area contributed by atoms with E-state index in [1.165, 1.54) is 12.0 Å². The molecule has 4 rings (SSSR count). The highest BCUT2D eigenvalue weighted by Gasteiger charge is 2.64. The summed E-state index contributed by atoms with van der Waals surface area (Å²) in [4.78, 5) is 39.6. The van der Waals surface area contributed by atoms with E-state index >= 15 is 0 Å². The third-order valence-electron chi connectivity index (χ3n) is 5.31. The lowest BCUT2D eigenvalue weighted by atomic mass is 9.82. The van der Waals surface area contributed by atoms with Crippen molar-refractivity contribution >= 4 is 17.8 Å². The number of hydrogen-bond donors (Lipinski definition) is 0. The predicted molar refractivity (Wildman–Crippen MR) is 89.2 cm³/mol. The van der Waals surface area contributed by atoms with E-state index < -0.39 is 35.9 Å². The van der Waals surface area contributed by atoms with Gasteiger partial charge in [0.1, 0.15) is 12.6 Å². The molecule has 3 aliphatic rings. The van der Waals surface area contributed by atoms with E-state index in [-0.39, 0.29) is 18.8 Å². The van der Waals surface area contributed by atoms with Gasteiger partial charge in [0.15, 0.2) is 5.78 Å². The lowest BCUT2D eigenvalue weighted by molar-refractivity contribution is -0.184. The number of ketones is 1. The molecule has 1 amide bonds. The van der Waals surface area contributed by atoms with Crippen LogP contribution in [0.1, 0.15) is 24.9 Å². The number of fused-ring (bicyclic) bond motifs is 2. The van der Waals surface area contributed by atoms with Crippen LogP contribution in [-0.4, -0.2) is 54.2 Å². The van der Waals surface area contributed by atoms with Gasteiger partial charge in [-0.25, -0.2) is 9.59 Å². The van der Waals surface area contributed by atoms with Gasteiger partial charge < -0.3 is 14.2 Å². The molecule has 0 radical (unpaired) electrons. The lowest BCUT2D eigenvalue weighted by Crippen LogP contribution is -2.65. The molecule has 0 saturated carbocycles. The molecule has 2 saturated heterocycles. The summed E-state index contributed by atoms with van der Waals surface area (Å²) < 4.78 is 16.1. The average molecular weight is 357 g/mol. The van der Waals surface area contributed by atoms with Crippen molar-refractivity contribution in [1.82, 2.24) is 4.90 Å². The topological polar surface area (TPSA) is 82.1 Å². The van der Waals surface area contributed by atoms with Gasteiger partial charge >= 0.3 is 12.1 Å². The van der Waals surface area contributed by atoms with E-state index in [0.717, 1.165) is 5.56 Å². The Hall–Kier alpha value is -2.67. The number of Topliss-reactive ketones (excluding diaryl/α,β-unsaturated/α-hetero) is 1. The van der Waals surface area contributed by atoms with Gasteiger partial charge in [-0.15, -0.1) is 0 Å². The summed E-state index contributed by atoms with van der Waals surface area (Å²) in [6.07, 6.45) is 0.744. The van der Waals surface area contributed by atoms with E-state index in [2.05, 4.69) is 0 Å². The van der Waals surface area contributed by atoms with Gasteiger partial charge in [0.05, 0.1) is 19.3 Å². The summed E-state index contributed by atoms with van der Waals surface area (Å²) in [5.41, 5.74) is -0.213. The maximum atomic E-state index is 13.0. The average Bonchev–Trinajstić information content (AvgIpc) is 3.14. The molecule has 7 heteroatoms. The monoisotopic (exact) mass is 357 g/mol. The SMILES string of the molecule is COC(=O)C12OC(C=C1C)CC(=O)C2N1C(=O)OCC1c1ccccc1. The molecule has 1 aromatic rings. The number of nitrogens with zero attached hydrogens (tertiary/aromatic N) is 1. The number of carbonyl (C=O) groups is 3. The van der Waals surface area contributed by atoms with Gasteiger partial charge in [-0.3, -0.25) is 9.69 Å². The Balaban J connectivity index is 1.82. The van der Waals surface area contributed by atoms with Crippen molar-refractivity contribution in [2.24, 2.45) is 0 Å². The van der Waals surface area contributed by atoms with Gasteiger partial charge in [0, 0.05) is 6.42 Å². The largest absolute Gasteiger partial charge is 0.467 e. The van der Waals surface area contributed by atoms with Crippen molar-refractivity contribution in [3.63, 3.8) is 0 Å². The second kappa shape index (κ2) is 5.95. The Kier molecular flexibility index (Phi) is 3.84. The second-order valence-corrected chi connectivity index (χ2v) is 6.72. The number of esters is 1. The molecular formula is C19H19NO6. The van der Waals surface area contributed by atoms with Gasteiger partial charge in [-0.1, -0.05) is 36.4 Å². The van der Waals surface area contributed by atoms with Crippen molar-refractivity contribution < 1.29 is 28.6 Å². The molecule has 3 heterocycles. The third kappa shape index (κ3) is 2.20. The zero-order valence-electron chi connectivity index (χ0n) is 14.5. The molecule has 2 fully saturated rings. The number of ether oxygens (including phenoxy) is 3. The first kappa shape index (κ1) is 16.8. The van der Waals surface area contributed by atoms with Gasteiger partial charge in [0.2, 0.25) is 5.60 Å². The molecule has 0 aliphatic carbocycles. The van der Waals surface area contributed by atoms with E-state index in [1.54, 1.807) is 13.0 Å². The fraction of sp³-hybridized carbons (Fsp3) is 0.421. The Morgan fingerprint density at radius 3 is 2.69 bits per heavy atom. The Labute approximate surface area is 150 Å². The highest BCUT2D eigenvalue weighted by atomic mass is 16.6. The number of carbonyl (C=O) groups excluding carboxylic acids is 3. The van der Waals surface area contributed by atoms with Crippen LogP contribution < -0.4 is 0 Å². The standard InChI is InChI=1S/C19H19NO6/c1-11-8-13-9-15(21)16(19(11,26-13)17(22)24-2)20-14(10-25-18(20)23)12-6-4-3-5-7-12/h3-8,13-14,16H,9-10H2,1-2H3. The number of benzene rings is 1. The smallest absolute Gasteiger partial charge is 0.411 e. The highest BCUT2D eigenvalue weighted by Crippen LogP contribution is 2.46. The maximum absolute atomic E-state index is 13.0. The minimum Gasteiger partial charge on any atom is -0.467 e. The van der Waals surface area contributed by atoms with Crippen LogP contribution in [0.2, 0.25) is 0 Å². The van der Waals surface area contributed by atoms with Crippen LogP contribution in [0.4, 0.5) is 4.79 Å². The van der Waals surface area contributed by atoms with Crippen LogP contribution in [0, 0.1) is 0 Å². The van der Waals surface area contributed by atoms with Crippen LogP contribution >= 0.6 is 0 Å². The lowest BCUT2D eigenvalue weighted by Gasteiger charge is -2.43. The zero-order valence-corrected chi connectivity index (χ0v) is 14.5. The van der Waals surface area contributed by atoms with E-state index in [4.69, 9.17) is 14.2 Å². The Morgan fingerprint density at radius 2 is 2.00 bits per heavy atom. The molecular weight excluding hydrogens is 338 g/mol. The summed E-state index contributed by atoms with van der Waals surface area (Å²) in [7, 11) is 1.24. The number of cyclic esters (lactones) is 1. The van der Waals surface area contributed by atoms with Crippen molar-refractivity contribution in [3.05, 3.63) is 47.5 Å². The number of amides is 1. The third-order valence-corrected chi connectivity index (χ3v) is 5.31. The summed E-state index contributed by atoms with van der Waals surface area (Å²) in [6.45, 7) is 1.83. The quantitative estimate of drug-likeness (QED) is 0.606. The molecule has 4 unspecified atom stereocenters. The van der Waals surface area contributed by atoms with Crippen LogP contribution in [0.5, 0.6) is 0 Å². The fourth-order valence-corrected chi connectivity index (χ4v) is 4.16. The van der Waals surface area contributed by atoms with Crippen LogP contribution in [0.25, 0.3) is 0 Å². The predicted octanol–water partition coefficient (Wildman–Crippen LogP) is 1.78. The van der Waals surface area contributed by atoms with Crippen LogP contribution in [0.3, 0.4) is 0 Å². The number of methoxy groups -OCH3 is 1. The Morgan fingerprint density at radius 1 is 1.27 bits per heavy atom. The molecule has 2 bridgehead atoms. The molecule has 0 spiro atoms. The van der Waals surface area contributed by atoms with Crippen LogP contribution in [-0.2, 0) is 23.8 Å². The van der Waals surface area contributed by atoms with Gasteiger partial charge in [-0.2, -0.15) is 0 Å². The molecule has 4 atom stereocenters. The van der Waals surface area contributed by atoms with Gasteiger partial charge in [0.25, 0.3) is 0 Å². The molecule has 0 aromatic heterocycles. The highest BCUT2D eigenvalue weighted by molar-refractivity contribution is 6.00. The second-order valence-electron chi connectivity index (χ2n) is 6.72. The van der Waals surface area contributed by atoms with Crippen molar-refractivity contribution in [2.75, 3.05) is 13.7 Å². The minimum atomic E-state index is -1.62. The van der Waals surface area contributed by atoms with Crippen LogP contribution in [0.15, 0.2) is 42.0 Å². The normalized spacial score (nSPS) is 33.1. The van der Waals surface area contributed by atoms with Crippen molar-refractivity contribution in [1.29, 1.82) is 0 Å². The first-order valence-corrected chi connectivity index (χ1v) is 8.47. The first-order valence-electron chi connectivity index (χ1n) is 8.47.